The fraction of sp³-hybridized carbons (Fsp3) is 0.208. The minimum absolute atomic E-state index is 0.0325. The molecule has 9 rings (SSSR count). The maximum absolute atomic E-state index is 13.6. The van der Waals surface area contributed by atoms with Crippen LogP contribution in [0.3, 0.4) is 0 Å². The quantitative estimate of drug-likeness (QED) is 0.0943. The number of hydrogen-bond donors (Lipinski definition) is 2. The van der Waals surface area contributed by atoms with Gasteiger partial charge in [-0.05, 0) is 85.8 Å². The molecule has 1 aliphatic rings. The summed E-state index contributed by atoms with van der Waals surface area (Å²) in [5.74, 6) is 1.94. The molecule has 1 aromatic heterocycles. The molecule has 1 saturated heterocycles. The van der Waals surface area contributed by atoms with Crippen LogP contribution in [-0.2, 0) is 21.6 Å². The number of aromatic nitrogens is 2. The molecule has 0 aliphatic carbocycles. The average Bonchev–Trinajstić information content (AvgIpc) is 3.63. The first-order chi connectivity index (χ1) is 27.9. The smallest absolute Gasteiger partial charge is 0.351 e. The molecular weight excluding hydrogens is 715 g/mol. The lowest BCUT2D eigenvalue weighted by molar-refractivity contribution is -0.0944. The van der Waals surface area contributed by atoms with E-state index < -0.39 is 29.7 Å². The van der Waals surface area contributed by atoms with Gasteiger partial charge in [-0.1, -0.05) is 109 Å². The number of nitrogens with one attached hydrogen (secondary N) is 1. The van der Waals surface area contributed by atoms with E-state index in [9.17, 15) is 9.90 Å². The minimum atomic E-state index is -1.09. The molecule has 0 spiro atoms. The number of nitrogens with zero attached hydrogens (tertiary/aromatic N) is 2. The van der Waals surface area contributed by atoms with E-state index in [0.29, 0.717) is 12.4 Å². The van der Waals surface area contributed by atoms with E-state index in [1.165, 1.54) is 36.9 Å². The fourth-order valence-corrected chi connectivity index (χ4v) is 8.40. The summed E-state index contributed by atoms with van der Waals surface area (Å²) in [6.07, 6.45) is -0.393. The average molecular weight is 758 g/mol. The molecule has 9 heteroatoms. The van der Waals surface area contributed by atoms with Crippen LogP contribution < -0.4 is 20.5 Å². The lowest BCUT2D eigenvalue weighted by Gasteiger charge is -2.37. The molecule has 0 bridgehead atoms. The van der Waals surface area contributed by atoms with Gasteiger partial charge in [-0.25, -0.2) is 4.79 Å². The first-order valence-corrected chi connectivity index (χ1v) is 19.2. The zero-order valence-electron chi connectivity index (χ0n) is 32.0. The van der Waals surface area contributed by atoms with Crippen molar-refractivity contribution in [3.8, 4) is 11.5 Å². The topological polar surface area (TPSA) is 104 Å². The highest BCUT2D eigenvalue weighted by atomic mass is 16.6. The van der Waals surface area contributed by atoms with E-state index in [1.807, 2.05) is 85.8 Å². The summed E-state index contributed by atoms with van der Waals surface area (Å²) in [7, 11) is 3.27. The van der Waals surface area contributed by atoms with Crippen LogP contribution in [0.2, 0.25) is 0 Å². The molecule has 0 radical (unpaired) electrons. The molecule has 1 fully saturated rings. The Balaban J connectivity index is 0.966. The number of aliphatic hydroxyl groups is 1. The van der Waals surface area contributed by atoms with Crippen molar-refractivity contribution in [2.24, 2.45) is 0 Å². The highest BCUT2D eigenvalue weighted by molar-refractivity contribution is 6.23. The van der Waals surface area contributed by atoms with E-state index in [0.717, 1.165) is 39.3 Å². The van der Waals surface area contributed by atoms with Crippen LogP contribution in [0.1, 0.15) is 40.5 Å². The predicted molar refractivity (Wildman–Crippen MR) is 224 cm³/mol. The lowest BCUT2D eigenvalue weighted by atomic mass is 9.80. The highest BCUT2D eigenvalue weighted by Gasteiger charge is 2.42. The van der Waals surface area contributed by atoms with Crippen LogP contribution in [0.4, 0.5) is 5.82 Å². The van der Waals surface area contributed by atoms with Crippen molar-refractivity contribution >= 4 is 38.1 Å². The van der Waals surface area contributed by atoms with Crippen molar-refractivity contribution in [2.45, 2.75) is 43.9 Å². The Morgan fingerprint density at radius 1 is 0.754 bits per heavy atom. The third-order valence-electron chi connectivity index (χ3n) is 11.4. The number of hydrogen-bond acceptors (Lipinski definition) is 8. The summed E-state index contributed by atoms with van der Waals surface area (Å²) in [6.45, 7) is 2.44. The molecule has 57 heavy (non-hydrogen) atoms. The highest BCUT2D eigenvalue weighted by Crippen LogP contribution is 2.43. The molecule has 3 atom stereocenters. The van der Waals surface area contributed by atoms with Crippen LogP contribution >= 0.6 is 0 Å². The number of aryl methyl sites for hydroxylation is 1. The van der Waals surface area contributed by atoms with Gasteiger partial charge in [-0.3, -0.25) is 4.57 Å². The molecule has 2 heterocycles. The Morgan fingerprint density at radius 2 is 1.35 bits per heavy atom. The molecular formula is C48H43N3O6. The molecule has 0 amide bonds. The zero-order valence-corrected chi connectivity index (χ0v) is 32.0. The third kappa shape index (κ3) is 6.53. The maximum Gasteiger partial charge on any atom is 0.351 e. The summed E-state index contributed by atoms with van der Waals surface area (Å²) in [4.78, 5) is 18.1. The van der Waals surface area contributed by atoms with E-state index in [2.05, 4.69) is 64.9 Å². The first kappa shape index (κ1) is 36.4. The first-order valence-electron chi connectivity index (χ1n) is 19.2. The third-order valence-corrected chi connectivity index (χ3v) is 11.4. The lowest BCUT2D eigenvalue weighted by Crippen LogP contribution is -2.38. The van der Waals surface area contributed by atoms with Gasteiger partial charge in [0.15, 0.2) is 0 Å². The molecule has 7 aromatic carbocycles. The van der Waals surface area contributed by atoms with Crippen molar-refractivity contribution in [1.82, 2.24) is 9.55 Å². The van der Waals surface area contributed by atoms with Gasteiger partial charge in [0, 0.05) is 24.7 Å². The summed E-state index contributed by atoms with van der Waals surface area (Å²) in [6, 6.07) is 44.9. The van der Waals surface area contributed by atoms with Crippen LogP contribution in [0.25, 0.3) is 32.3 Å². The maximum atomic E-state index is 13.6. The van der Waals surface area contributed by atoms with Crippen molar-refractivity contribution in [3.05, 3.63) is 178 Å². The second-order valence-corrected chi connectivity index (χ2v) is 14.6. The van der Waals surface area contributed by atoms with Crippen molar-refractivity contribution in [2.75, 3.05) is 26.1 Å². The van der Waals surface area contributed by atoms with E-state index >= 15 is 0 Å². The second-order valence-electron chi connectivity index (χ2n) is 14.6. The number of benzene rings is 7. The van der Waals surface area contributed by atoms with Crippen LogP contribution in [0.15, 0.2) is 144 Å². The van der Waals surface area contributed by atoms with Gasteiger partial charge >= 0.3 is 5.69 Å². The number of methoxy groups -OCH3 is 2. The summed E-state index contributed by atoms with van der Waals surface area (Å²) in [5, 5.41) is 22.1. The molecule has 286 valence electrons. The van der Waals surface area contributed by atoms with Gasteiger partial charge in [0.25, 0.3) is 0 Å². The second kappa shape index (κ2) is 15.0. The SMILES string of the molecule is COc1ccc(C(OC[C@H]2O[C@H](n3cc(C)c(NCc4ccc5ccc6cccc7ccc4c5c67)nc3=O)C[C@@H]2O)(c2ccccc2)c2ccc(OC)cc2)cc1. The number of ether oxygens (including phenoxy) is 4. The fourth-order valence-electron chi connectivity index (χ4n) is 8.40. The molecule has 0 saturated carbocycles. The Bertz CT molecular complexity index is 2670. The van der Waals surface area contributed by atoms with E-state index in [1.54, 1.807) is 20.4 Å². The summed E-state index contributed by atoms with van der Waals surface area (Å²) in [5.41, 5.74) is 2.98. The summed E-state index contributed by atoms with van der Waals surface area (Å²) < 4.78 is 25.9. The van der Waals surface area contributed by atoms with Gasteiger partial charge in [0.1, 0.15) is 35.2 Å². The van der Waals surface area contributed by atoms with Gasteiger partial charge in [0.2, 0.25) is 0 Å². The number of anilines is 1. The molecule has 0 unspecified atom stereocenters. The Labute approximate surface area is 330 Å². The predicted octanol–water partition coefficient (Wildman–Crippen LogP) is 8.74. The molecule has 2 N–H and O–H groups in total. The molecule has 9 nitrogen and oxygen atoms in total. The van der Waals surface area contributed by atoms with Gasteiger partial charge in [-0.15, -0.1) is 0 Å². The largest absolute Gasteiger partial charge is 0.497 e. The molecule has 1 aliphatic heterocycles. The van der Waals surface area contributed by atoms with Gasteiger partial charge in [0.05, 0.1) is 26.9 Å². The Kier molecular flexibility index (Phi) is 9.58. The van der Waals surface area contributed by atoms with E-state index in [4.69, 9.17) is 18.9 Å². The van der Waals surface area contributed by atoms with Crippen molar-refractivity contribution < 1.29 is 24.1 Å². The minimum Gasteiger partial charge on any atom is -0.497 e. The van der Waals surface area contributed by atoms with Crippen LogP contribution in [-0.4, -0.2) is 47.7 Å². The van der Waals surface area contributed by atoms with Crippen molar-refractivity contribution in [3.63, 3.8) is 0 Å². The number of rotatable bonds is 12. The zero-order chi connectivity index (χ0) is 39.1. The standard InChI is InChI=1S/C48H43N3O6/c1-30-28-51(47(53)50-46(30)49-27-34-15-14-33-13-12-31-8-7-9-32-16-25-40(34)45(33)44(31)32)43-26-41(52)42(57-43)29-56-48(35-10-5-4-6-11-35,36-17-21-38(54-2)22-18-36)37-19-23-39(55-3)24-20-37/h4-25,28,41-43,52H,26-27,29H2,1-3H3,(H,49,50,53)/t41-,42+,43-/m0/s1. The normalized spacial score (nSPS) is 17.1. The van der Waals surface area contributed by atoms with E-state index in [-0.39, 0.29) is 13.0 Å². The van der Waals surface area contributed by atoms with Gasteiger partial charge < -0.3 is 29.4 Å². The van der Waals surface area contributed by atoms with Crippen LogP contribution in [0.5, 0.6) is 11.5 Å². The summed E-state index contributed by atoms with van der Waals surface area (Å²) >= 11 is 0. The van der Waals surface area contributed by atoms with Gasteiger partial charge in [-0.2, -0.15) is 4.98 Å². The number of aliphatic hydroxyl groups excluding tert-OH is 1. The van der Waals surface area contributed by atoms with Crippen LogP contribution in [0, 0.1) is 6.92 Å². The monoisotopic (exact) mass is 757 g/mol. The van der Waals surface area contributed by atoms with Crippen molar-refractivity contribution in [1.29, 1.82) is 0 Å². The Hall–Kier alpha value is -6.26. The Morgan fingerprint density at radius 3 is 2.00 bits per heavy atom. The molecule has 8 aromatic rings.